The van der Waals surface area contributed by atoms with Crippen LogP contribution in [0.5, 0.6) is 0 Å². The minimum absolute atomic E-state index is 0.0481. The Labute approximate surface area is 255 Å². The van der Waals surface area contributed by atoms with Crippen molar-refractivity contribution < 1.29 is 31.7 Å². The van der Waals surface area contributed by atoms with Gasteiger partial charge in [0, 0.05) is 12.5 Å². The number of ether oxygens (including phenoxy) is 2. The molecule has 1 rings (SSSR count). The summed E-state index contributed by atoms with van der Waals surface area (Å²) in [4.78, 5) is 24.5. The lowest BCUT2D eigenvalue weighted by molar-refractivity contribution is 0.0214. The van der Waals surface area contributed by atoms with Crippen LogP contribution in [0.15, 0.2) is 30.3 Å². The maximum atomic E-state index is 12.3. The Bertz CT molecular complexity index is 924. The Morgan fingerprint density at radius 1 is 0.762 bits per heavy atom. The van der Waals surface area contributed by atoms with E-state index in [2.05, 4.69) is 12.2 Å². The zero-order valence-electron chi connectivity index (χ0n) is 26.4. The first kappa shape index (κ1) is 37.9. The van der Waals surface area contributed by atoms with Crippen LogP contribution in [0.2, 0.25) is 0 Å². The highest BCUT2D eigenvalue weighted by atomic mass is 32.2. The van der Waals surface area contributed by atoms with Gasteiger partial charge in [0.05, 0.1) is 31.1 Å². The molecule has 242 valence electrons. The maximum absolute atomic E-state index is 12.3. The standard InChI is InChI=1S/C33H57NO7S/c1-4-5-6-7-8-9-10-11-12-13-14-15-16-17-18-22-25-34-33(36)39-27-30(28-40-42(3,37)38)26-29(2)41-32(35)31-23-20-19-21-24-31/h19-21,23-24,29-30H,4-18,22,25-28H2,1-3H3,(H,34,36). The van der Waals surface area contributed by atoms with Crippen molar-refractivity contribution in [3.05, 3.63) is 35.9 Å². The molecule has 0 spiro atoms. The van der Waals surface area contributed by atoms with E-state index in [0.29, 0.717) is 12.1 Å². The number of hydrogen-bond acceptors (Lipinski definition) is 7. The van der Waals surface area contributed by atoms with Gasteiger partial charge in [0.2, 0.25) is 0 Å². The van der Waals surface area contributed by atoms with Crippen molar-refractivity contribution in [1.82, 2.24) is 5.32 Å². The summed E-state index contributed by atoms with van der Waals surface area (Å²) in [7, 11) is -3.66. The van der Waals surface area contributed by atoms with E-state index >= 15 is 0 Å². The highest BCUT2D eigenvalue weighted by Crippen LogP contribution is 2.15. The molecule has 0 fully saturated rings. The third-order valence-electron chi connectivity index (χ3n) is 7.25. The first-order valence-corrected chi connectivity index (χ1v) is 18.0. The fraction of sp³-hybridized carbons (Fsp3) is 0.758. The fourth-order valence-corrected chi connectivity index (χ4v) is 5.29. The van der Waals surface area contributed by atoms with Gasteiger partial charge in [-0.1, -0.05) is 121 Å². The van der Waals surface area contributed by atoms with E-state index in [0.717, 1.165) is 19.1 Å². The summed E-state index contributed by atoms with van der Waals surface area (Å²) in [6, 6.07) is 8.62. The first-order valence-electron chi connectivity index (χ1n) is 16.2. The number of rotatable bonds is 26. The second-order valence-corrected chi connectivity index (χ2v) is 13.1. The van der Waals surface area contributed by atoms with Gasteiger partial charge < -0.3 is 14.8 Å². The third-order valence-corrected chi connectivity index (χ3v) is 7.81. The highest BCUT2D eigenvalue weighted by Gasteiger charge is 2.21. The van der Waals surface area contributed by atoms with Gasteiger partial charge in [-0.05, 0) is 31.9 Å². The molecule has 0 aliphatic carbocycles. The Kier molecular flexibility index (Phi) is 21.9. The summed E-state index contributed by atoms with van der Waals surface area (Å²) in [6.07, 6.45) is 20.9. The van der Waals surface area contributed by atoms with Gasteiger partial charge >= 0.3 is 12.1 Å². The van der Waals surface area contributed by atoms with Gasteiger partial charge in [-0.2, -0.15) is 8.42 Å². The Morgan fingerprint density at radius 3 is 1.76 bits per heavy atom. The van der Waals surface area contributed by atoms with Crippen LogP contribution in [0.25, 0.3) is 0 Å². The quantitative estimate of drug-likeness (QED) is 0.0639. The molecular weight excluding hydrogens is 554 g/mol. The molecule has 0 bridgehead atoms. The first-order chi connectivity index (χ1) is 20.2. The molecule has 8 nitrogen and oxygen atoms in total. The zero-order chi connectivity index (χ0) is 30.9. The number of hydrogen-bond donors (Lipinski definition) is 1. The number of unbranched alkanes of at least 4 members (excludes halogenated alkanes) is 15. The largest absolute Gasteiger partial charge is 0.459 e. The van der Waals surface area contributed by atoms with E-state index in [4.69, 9.17) is 13.7 Å². The van der Waals surface area contributed by atoms with E-state index in [9.17, 15) is 18.0 Å². The van der Waals surface area contributed by atoms with Crippen LogP contribution >= 0.6 is 0 Å². The van der Waals surface area contributed by atoms with Crippen LogP contribution in [0.4, 0.5) is 4.79 Å². The molecule has 0 saturated carbocycles. The van der Waals surface area contributed by atoms with Crippen molar-refractivity contribution in [2.45, 2.75) is 129 Å². The number of nitrogens with one attached hydrogen (secondary N) is 1. The van der Waals surface area contributed by atoms with Gasteiger partial charge in [0.25, 0.3) is 10.1 Å². The van der Waals surface area contributed by atoms with Crippen LogP contribution in [0.1, 0.15) is 133 Å². The summed E-state index contributed by atoms with van der Waals surface area (Å²) in [5.74, 6) is -0.928. The monoisotopic (exact) mass is 611 g/mol. The Morgan fingerprint density at radius 2 is 1.26 bits per heavy atom. The smallest absolute Gasteiger partial charge is 0.407 e. The molecule has 42 heavy (non-hydrogen) atoms. The van der Waals surface area contributed by atoms with E-state index in [1.165, 1.54) is 89.9 Å². The van der Waals surface area contributed by atoms with Crippen LogP contribution in [0, 0.1) is 5.92 Å². The molecule has 0 aromatic heterocycles. The van der Waals surface area contributed by atoms with Gasteiger partial charge in [-0.3, -0.25) is 4.18 Å². The van der Waals surface area contributed by atoms with Crippen LogP contribution in [0.3, 0.4) is 0 Å². The van der Waals surface area contributed by atoms with E-state index in [1.807, 2.05) is 6.07 Å². The molecule has 9 heteroatoms. The van der Waals surface area contributed by atoms with Crippen molar-refractivity contribution in [2.24, 2.45) is 5.92 Å². The Balaban J connectivity index is 2.12. The maximum Gasteiger partial charge on any atom is 0.407 e. The van der Waals surface area contributed by atoms with E-state index in [1.54, 1.807) is 31.2 Å². The minimum atomic E-state index is -3.66. The van der Waals surface area contributed by atoms with Gasteiger partial charge in [0.1, 0.15) is 0 Å². The molecule has 0 aliphatic heterocycles. The van der Waals surface area contributed by atoms with Crippen molar-refractivity contribution in [2.75, 3.05) is 26.0 Å². The predicted octanol–water partition coefficient (Wildman–Crippen LogP) is 8.20. The van der Waals surface area contributed by atoms with Crippen molar-refractivity contribution in [1.29, 1.82) is 0 Å². The molecule has 2 unspecified atom stereocenters. The van der Waals surface area contributed by atoms with Gasteiger partial charge in [-0.25, -0.2) is 9.59 Å². The number of benzene rings is 1. The molecule has 1 aromatic carbocycles. The predicted molar refractivity (Wildman–Crippen MR) is 169 cm³/mol. The van der Waals surface area contributed by atoms with Gasteiger partial charge in [0.15, 0.2) is 0 Å². The topological polar surface area (TPSA) is 108 Å². The number of esters is 1. The lowest BCUT2D eigenvalue weighted by Gasteiger charge is -2.21. The molecule has 1 N–H and O–H groups in total. The summed E-state index contributed by atoms with van der Waals surface area (Å²) in [5.41, 5.74) is 0.429. The van der Waals surface area contributed by atoms with Crippen LogP contribution in [-0.4, -0.2) is 52.6 Å². The number of carbonyl (C=O) groups excluding carboxylic acids is 2. The lowest BCUT2D eigenvalue weighted by Crippen LogP contribution is -2.30. The zero-order valence-corrected chi connectivity index (χ0v) is 27.3. The van der Waals surface area contributed by atoms with Crippen molar-refractivity contribution >= 4 is 22.2 Å². The molecule has 2 atom stereocenters. The molecule has 0 heterocycles. The van der Waals surface area contributed by atoms with E-state index < -0.39 is 34.2 Å². The average Bonchev–Trinajstić information content (AvgIpc) is 2.96. The molecule has 1 aromatic rings. The van der Waals surface area contributed by atoms with Gasteiger partial charge in [-0.15, -0.1) is 0 Å². The summed E-state index contributed by atoms with van der Waals surface area (Å²) in [5, 5.41) is 2.76. The number of amides is 1. The molecular formula is C33H57NO7S. The molecule has 1 amide bonds. The second-order valence-electron chi connectivity index (χ2n) is 11.5. The minimum Gasteiger partial charge on any atom is -0.459 e. The normalized spacial score (nSPS) is 12.9. The summed E-state index contributed by atoms with van der Waals surface area (Å²) in [6.45, 7) is 4.30. The SMILES string of the molecule is CCCCCCCCCCCCCCCCCCNC(=O)OCC(COS(C)(=O)=O)CC(C)OC(=O)c1ccccc1. The van der Waals surface area contributed by atoms with Crippen molar-refractivity contribution in [3.8, 4) is 0 Å². The Hall–Kier alpha value is -2.13. The summed E-state index contributed by atoms with van der Waals surface area (Å²) < 4.78 is 38.7. The highest BCUT2D eigenvalue weighted by molar-refractivity contribution is 7.85. The number of alkyl carbamates (subject to hydrolysis) is 1. The second kappa shape index (κ2) is 24.3. The summed E-state index contributed by atoms with van der Waals surface area (Å²) >= 11 is 0. The molecule has 0 radical (unpaired) electrons. The molecule has 0 saturated heterocycles. The fourth-order valence-electron chi connectivity index (χ4n) is 4.85. The lowest BCUT2D eigenvalue weighted by atomic mass is 10.0. The van der Waals surface area contributed by atoms with E-state index in [-0.39, 0.29) is 19.6 Å². The number of carbonyl (C=O) groups is 2. The third kappa shape index (κ3) is 22.5. The van der Waals surface area contributed by atoms with Crippen LogP contribution in [-0.2, 0) is 23.8 Å². The molecule has 0 aliphatic rings. The average molecular weight is 612 g/mol. The van der Waals surface area contributed by atoms with Crippen molar-refractivity contribution in [3.63, 3.8) is 0 Å². The van der Waals surface area contributed by atoms with Crippen LogP contribution < -0.4 is 5.32 Å².